The number of carbonyl (C=O) groups excluding carboxylic acids is 1. The van der Waals surface area contributed by atoms with Gasteiger partial charge in [-0.15, -0.1) is 0 Å². The van der Waals surface area contributed by atoms with Crippen LogP contribution in [0.1, 0.15) is 31.2 Å². The first-order valence-corrected chi connectivity index (χ1v) is 9.69. The molecule has 0 N–H and O–H groups in total. The number of hydrogen-bond acceptors (Lipinski definition) is 7. The van der Waals surface area contributed by atoms with E-state index in [1.165, 1.54) is 5.56 Å². The van der Waals surface area contributed by atoms with E-state index in [4.69, 9.17) is 9.26 Å². The topological polar surface area (TPSA) is 81.4 Å². The molecule has 0 atom stereocenters. The highest BCUT2D eigenvalue weighted by Gasteiger charge is 2.29. The number of benzene rings is 1. The monoisotopic (exact) mass is 380 g/mol. The van der Waals surface area contributed by atoms with Gasteiger partial charge in [0.2, 0.25) is 5.58 Å². The van der Waals surface area contributed by atoms with Gasteiger partial charge in [-0.2, -0.15) is 0 Å². The summed E-state index contributed by atoms with van der Waals surface area (Å²) in [6.45, 7) is 7.62. The molecule has 0 aliphatic carbocycles. The minimum atomic E-state index is -0.104. The lowest BCUT2D eigenvalue weighted by Gasteiger charge is -2.31. The fraction of sp³-hybridized carbons (Fsp3) is 0.429. The van der Waals surface area contributed by atoms with Gasteiger partial charge in [0.1, 0.15) is 17.0 Å². The van der Waals surface area contributed by atoms with E-state index in [1.54, 1.807) is 0 Å². The molecule has 2 aromatic heterocycles. The highest BCUT2D eigenvalue weighted by Crippen LogP contribution is 2.33. The summed E-state index contributed by atoms with van der Waals surface area (Å²) >= 11 is 0. The molecule has 1 aliphatic heterocycles. The van der Waals surface area contributed by atoms with Crippen molar-refractivity contribution in [2.75, 3.05) is 24.6 Å². The Labute approximate surface area is 163 Å². The van der Waals surface area contributed by atoms with Crippen LogP contribution in [0.4, 0.5) is 5.82 Å². The van der Waals surface area contributed by atoms with E-state index < -0.39 is 0 Å². The van der Waals surface area contributed by atoms with E-state index in [0.29, 0.717) is 18.0 Å². The molecule has 1 aromatic carbocycles. The Hall–Kier alpha value is -2.96. The maximum Gasteiger partial charge on any atom is 0.309 e. The molecule has 7 heteroatoms. The number of rotatable bonds is 4. The molecular formula is C21H24N4O3. The minimum Gasteiger partial charge on any atom is -0.466 e. The first kappa shape index (κ1) is 18.4. The summed E-state index contributed by atoms with van der Waals surface area (Å²) in [6.07, 6.45) is 1.48. The molecule has 0 unspecified atom stereocenters. The Morgan fingerprint density at radius 2 is 1.89 bits per heavy atom. The summed E-state index contributed by atoms with van der Waals surface area (Å²) in [7, 11) is 0. The number of aryl methyl sites for hydroxylation is 2. The summed E-state index contributed by atoms with van der Waals surface area (Å²) in [5, 5.41) is 4.28. The molecule has 0 radical (unpaired) electrons. The van der Waals surface area contributed by atoms with Gasteiger partial charge in [0.05, 0.1) is 12.5 Å². The first-order chi connectivity index (χ1) is 13.6. The highest BCUT2D eigenvalue weighted by atomic mass is 16.5. The van der Waals surface area contributed by atoms with Crippen molar-refractivity contribution >= 4 is 22.9 Å². The Balaban J connectivity index is 1.64. The van der Waals surface area contributed by atoms with Crippen molar-refractivity contribution in [1.29, 1.82) is 0 Å². The first-order valence-electron chi connectivity index (χ1n) is 9.69. The molecule has 146 valence electrons. The van der Waals surface area contributed by atoms with Gasteiger partial charge in [0, 0.05) is 18.7 Å². The fourth-order valence-corrected chi connectivity index (χ4v) is 3.63. The minimum absolute atomic E-state index is 0.0486. The van der Waals surface area contributed by atoms with Crippen LogP contribution in [0, 0.1) is 19.8 Å². The van der Waals surface area contributed by atoms with Gasteiger partial charge in [-0.25, -0.2) is 9.97 Å². The Morgan fingerprint density at radius 1 is 1.18 bits per heavy atom. The van der Waals surface area contributed by atoms with E-state index in [1.807, 2.05) is 38.1 Å². The fourth-order valence-electron chi connectivity index (χ4n) is 3.63. The number of esters is 1. The van der Waals surface area contributed by atoms with Gasteiger partial charge in [0.25, 0.3) is 0 Å². The van der Waals surface area contributed by atoms with Crippen LogP contribution >= 0.6 is 0 Å². The summed E-state index contributed by atoms with van der Waals surface area (Å²) in [5.74, 6) is 1.27. The highest BCUT2D eigenvalue weighted by molar-refractivity contribution is 5.94. The van der Waals surface area contributed by atoms with E-state index in [9.17, 15) is 4.79 Å². The van der Waals surface area contributed by atoms with Crippen LogP contribution in [-0.4, -0.2) is 40.8 Å². The number of carbonyl (C=O) groups is 1. The number of fused-ring (bicyclic) bond motifs is 1. The molecule has 3 aromatic rings. The number of piperidine rings is 1. The van der Waals surface area contributed by atoms with Crippen LogP contribution in [0.3, 0.4) is 0 Å². The molecule has 4 rings (SSSR count). The van der Waals surface area contributed by atoms with Gasteiger partial charge in [0.15, 0.2) is 5.82 Å². The average molecular weight is 380 g/mol. The normalized spacial score (nSPS) is 15.2. The summed E-state index contributed by atoms with van der Waals surface area (Å²) in [6, 6.07) is 8.14. The van der Waals surface area contributed by atoms with Crippen molar-refractivity contribution < 1.29 is 14.1 Å². The zero-order valence-corrected chi connectivity index (χ0v) is 16.4. The number of ether oxygens (including phenoxy) is 1. The molecule has 0 spiro atoms. The Bertz CT molecular complexity index is 989. The van der Waals surface area contributed by atoms with Crippen molar-refractivity contribution in [1.82, 2.24) is 15.1 Å². The van der Waals surface area contributed by atoms with Crippen LogP contribution < -0.4 is 4.90 Å². The van der Waals surface area contributed by atoms with E-state index >= 15 is 0 Å². The van der Waals surface area contributed by atoms with Crippen LogP contribution in [0.15, 0.2) is 28.8 Å². The van der Waals surface area contributed by atoms with Crippen molar-refractivity contribution in [2.45, 2.75) is 33.6 Å². The smallest absolute Gasteiger partial charge is 0.309 e. The molecule has 0 bridgehead atoms. The van der Waals surface area contributed by atoms with Gasteiger partial charge in [-0.3, -0.25) is 4.79 Å². The molecule has 1 fully saturated rings. The quantitative estimate of drug-likeness (QED) is 0.639. The van der Waals surface area contributed by atoms with Crippen molar-refractivity contribution in [3.63, 3.8) is 0 Å². The van der Waals surface area contributed by atoms with E-state index in [-0.39, 0.29) is 11.9 Å². The van der Waals surface area contributed by atoms with Gasteiger partial charge >= 0.3 is 5.97 Å². The predicted octanol–water partition coefficient (Wildman–Crippen LogP) is 3.68. The molecule has 0 amide bonds. The number of aromatic nitrogens is 3. The lowest BCUT2D eigenvalue weighted by molar-refractivity contribution is -0.148. The van der Waals surface area contributed by atoms with Crippen molar-refractivity contribution in [3.05, 3.63) is 35.7 Å². The number of nitrogens with zero attached hydrogens (tertiary/aromatic N) is 4. The standard InChI is InChI=1S/C21H24N4O3/c1-4-27-21(26)16-9-11-25(12-10-16)20-19-18(22-14(3)23-20)17(24-28-19)15-7-5-13(2)6-8-15/h5-8,16H,4,9-12H2,1-3H3. The third kappa shape index (κ3) is 3.44. The molecule has 7 nitrogen and oxygen atoms in total. The molecular weight excluding hydrogens is 356 g/mol. The SMILES string of the molecule is CCOC(=O)C1CCN(c2nc(C)nc3c(-c4ccc(C)cc4)noc23)CC1. The third-order valence-corrected chi connectivity index (χ3v) is 5.15. The maximum absolute atomic E-state index is 12.0. The van der Waals surface area contributed by atoms with Crippen molar-refractivity contribution in [2.24, 2.45) is 5.92 Å². The lowest BCUT2D eigenvalue weighted by atomic mass is 9.97. The van der Waals surface area contributed by atoms with Crippen LogP contribution in [-0.2, 0) is 9.53 Å². The second-order valence-corrected chi connectivity index (χ2v) is 7.18. The van der Waals surface area contributed by atoms with Crippen molar-refractivity contribution in [3.8, 4) is 11.3 Å². The van der Waals surface area contributed by atoms with Gasteiger partial charge in [-0.05, 0) is 33.6 Å². The van der Waals surface area contributed by atoms with E-state index in [2.05, 4.69) is 26.9 Å². The van der Waals surface area contributed by atoms with E-state index in [0.717, 1.165) is 48.5 Å². The third-order valence-electron chi connectivity index (χ3n) is 5.15. The number of hydrogen-bond donors (Lipinski definition) is 0. The molecule has 1 saturated heterocycles. The van der Waals surface area contributed by atoms with Crippen LogP contribution in [0.2, 0.25) is 0 Å². The predicted molar refractivity (Wildman–Crippen MR) is 106 cm³/mol. The second kappa shape index (κ2) is 7.58. The zero-order chi connectivity index (χ0) is 19.7. The number of anilines is 1. The Morgan fingerprint density at radius 3 is 2.57 bits per heavy atom. The summed E-state index contributed by atoms with van der Waals surface area (Å²) < 4.78 is 10.8. The van der Waals surface area contributed by atoms with Gasteiger partial charge in [-0.1, -0.05) is 35.0 Å². The molecule has 1 aliphatic rings. The van der Waals surface area contributed by atoms with Crippen LogP contribution in [0.25, 0.3) is 22.4 Å². The second-order valence-electron chi connectivity index (χ2n) is 7.18. The molecule has 28 heavy (non-hydrogen) atoms. The average Bonchev–Trinajstić information content (AvgIpc) is 3.12. The van der Waals surface area contributed by atoms with Gasteiger partial charge < -0.3 is 14.2 Å². The largest absolute Gasteiger partial charge is 0.466 e. The maximum atomic E-state index is 12.0. The lowest BCUT2D eigenvalue weighted by Crippen LogP contribution is -2.37. The summed E-state index contributed by atoms with van der Waals surface area (Å²) in [4.78, 5) is 23.4. The molecule has 3 heterocycles. The van der Waals surface area contributed by atoms with Crippen LogP contribution in [0.5, 0.6) is 0 Å². The molecule has 0 saturated carbocycles. The zero-order valence-electron chi connectivity index (χ0n) is 16.4. The Kier molecular flexibility index (Phi) is 4.98. The summed E-state index contributed by atoms with van der Waals surface area (Å²) in [5.41, 5.74) is 4.19.